The van der Waals surface area contributed by atoms with Gasteiger partial charge in [0.05, 0.1) is 0 Å². The van der Waals surface area contributed by atoms with Crippen LogP contribution in [0.2, 0.25) is 0 Å². The van der Waals surface area contributed by atoms with E-state index in [4.69, 9.17) is 0 Å². The van der Waals surface area contributed by atoms with Crippen molar-refractivity contribution < 1.29 is 9.90 Å². The highest BCUT2D eigenvalue weighted by Gasteiger charge is 2.36. The standard InChI is InChI=1S/C13H22N2O2/c1-2-7-14-9-5-11(6-10-14)15-8-3-4-12(15)13(16)17/h2,11-12H,1,3-10H2,(H,16,17). The molecular formula is C13H22N2O2. The van der Waals surface area contributed by atoms with E-state index in [2.05, 4.69) is 16.4 Å². The summed E-state index contributed by atoms with van der Waals surface area (Å²) in [5.41, 5.74) is 0. The van der Waals surface area contributed by atoms with Crippen LogP contribution in [0.15, 0.2) is 12.7 Å². The number of likely N-dealkylation sites (tertiary alicyclic amines) is 2. The maximum atomic E-state index is 11.2. The summed E-state index contributed by atoms with van der Waals surface area (Å²) in [6.45, 7) is 7.81. The fourth-order valence-corrected chi connectivity index (χ4v) is 3.11. The third kappa shape index (κ3) is 2.87. The van der Waals surface area contributed by atoms with Gasteiger partial charge in [-0.25, -0.2) is 0 Å². The van der Waals surface area contributed by atoms with Gasteiger partial charge >= 0.3 is 5.97 Å². The van der Waals surface area contributed by atoms with Gasteiger partial charge in [0.25, 0.3) is 0 Å². The van der Waals surface area contributed by atoms with E-state index in [1.54, 1.807) is 0 Å². The highest BCUT2D eigenvalue weighted by molar-refractivity contribution is 5.73. The minimum Gasteiger partial charge on any atom is -0.480 e. The van der Waals surface area contributed by atoms with Gasteiger partial charge in [0.15, 0.2) is 0 Å². The first kappa shape index (κ1) is 12.6. The van der Waals surface area contributed by atoms with Crippen LogP contribution in [-0.4, -0.2) is 59.1 Å². The molecule has 4 heteroatoms. The SMILES string of the molecule is C=CCN1CCC(N2CCCC2C(=O)O)CC1. The van der Waals surface area contributed by atoms with Gasteiger partial charge in [0.2, 0.25) is 0 Å². The molecule has 1 N–H and O–H groups in total. The van der Waals surface area contributed by atoms with Crippen molar-refractivity contribution in [3.8, 4) is 0 Å². The van der Waals surface area contributed by atoms with E-state index < -0.39 is 5.97 Å². The maximum Gasteiger partial charge on any atom is 0.320 e. The average molecular weight is 238 g/mol. The van der Waals surface area contributed by atoms with E-state index in [0.29, 0.717) is 6.04 Å². The van der Waals surface area contributed by atoms with Crippen LogP contribution in [0.4, 0.5) is 0 Å². The van der Waals surface area contributed by atoms with Crippen LogP contribution >= 0.6 is 0 Å². The molecule has 2 aliphatic heterocycles. The molecule has 0 aromatic heterocycles. The monoisotopic (exact) mass is 238 g/mol. The van der Waals surface area contributed by atoms with Crippen LogP contribution < -0.4 is 0 Å². The Morgan fingerprint density at radius 3 is 2.59 bits per heavy atom. The molecule has 0 radical (unpaired) electrons. The number of hydrogen-bond donors (Lipinski definition) is 1. The number of piperidine rings is 1. The Labute approximate surface area is 103 Å². The second-order valence-corrected chi connectivity index (χ2v) is 5.05. The van der Waals surface area contributed by atoms with Crippen LogP contribution in [0.5, 0.6) is 0 Å². The Kier molecular flexibility index (Phi) is 4.18. The summed E-state index contributed by atoms with van der Waals surface area (Å²) in [5, 5.41) is 9.19. The van der Waals surface area contributed by atoms with Gasteiger partial charge in [0.1, 0.15) is 6.04 Å². The van der Waals surface area contributed by atoms with Crippen LogP contribution in [0.1, 0.15) is 25.7 Å². The van der Waals surface area contributed by atoms with Gasteiger partial charge in [-0.1, -0.05) is 6.08 Å². The fourth-order valence-electron chi connectivity index (χ4n) is 3.11. The topological polar surface area (TPSA) is 43.8 Å². The van der Waals surface area contributed by atoms with Crippen molar-refractivity contribution >= 4 is 5.97 Å². The zero-order chi connectivity index (χ0) is 12.3. The van der Waals surface area contributed by atoms with Crippen molar-refractivity contribution in [3.63, 3.8) is 0 Å². The molecule has 2 aliphatic rings. The summed E-state index contributed by atoms with van der Waals surface area (Å²) in [4.78, 5) is 15.8. The molecule has 4 nitrogen and oxygen atoms in total. The summed E-state index contributed by atoms with van der Waals surface area (Å²) in [6, 6.07) is 0.241. The normalized spacial score (nSPS) is 28.4. The largest absolute Gasteiger partial charge is 0.480 e. The van der Waals surface area contributed by atoms with Crippen LogP contribution in [0.3, 0.4) is 0 Å². The number of hydrogen-bond acceptors (Lipinski definition) is 3. The zero-order valence-corrected chi connectivity index (χ0v) is 10.3. The van der Waals surface area contributed by atoms with Crippen molar-refractivity contribution in [1.29, 1.82) is 0 Å². The van der Waals surface area contributed by atoms with E-state index in [1.807, 2.05) is 6.08 Å². The third-order valence-electron chi connectivity index (χ3n) is 3.99. The third-order valence-corrected chi connectivity index (χ3v) is 3.99. The molecule has 96 valence electrons. The lowest BCUT2D eigenvalue weighted by Gasteiger charge is -2.38. The highest BCUT2D eigenvalue weighted by Crippen LogP contribution is 2.26. The predicted octanol–water partition coefficient (Wildman–Crippen LogP) is 1.19. The molecular weight excluding hydrogens is 216 g/mol. The molecule has 0 amide bonds. The van der Waals surface area contributed by atoms with E-state index in [1.165, 1.54) is 0 Å². The molecule has 0 saturated carbocycles. The lowest BCUT2D eigenvalue weighted by atomic mass is 10.0. The fraction of sp³-hybridized carbons (Fsp3) is 0.769. The summed E-state index contributed by atoms with van der Waals surface area (Å²) < 4.78 is 0. The second kappa shape index (κ2) is 5.65. The van der Waals surface area contributed by atoms with Crippen molar-refractivity contribution in [2.45, 2.75) is 37.8 Å². The molecule has 2 rings (SSSR count). The molecule has 2 heterocycles. The second-order valence-electron chi connectivity index (χ2n) is 5.05. The number of carbonyl (C=O) groups is 1. The molecule has 1 unspecified atom stereocenters. The molecule has 2 fully saturated rings. The van der Waals surface area contributed by atoms with E-state index in [9.17, 15) is 9.90 Å². The number of carboxylic acid groups (broad SMARTS) is 1. The summed E-state index contributed by atoms with van der Waals surface area (Å²) in [7, 11) is 0. The molecule has 1 atom stereocenters. The van der Waals surface area contributed by atoms with Gasteiger partial charge in [-0.15, -0.1) is 6.58 Å². The molecule has 0 aromatic carbocycles. The number of aliphatic carboxylic acids is 1. The van der Waals surface area contributed by atoms with Gasteiger partial charge in [-0.05, 0) is 45.3 Å². The Balaban J connectivity index is 1.87. The zero-order valence-electron chi connectivity index (χ0n) is 10.3. The van der Waals surface area contributed by atoms with Gasteiger partial charge in [-0.2, -0.15) is 0 Å². The Morgan fingerprint density at radius 2 is 2.00 bits per heavy atom. The quantitative estimate of drug-likeness (QED) is 0.747. The molecule has 0 aliphatic carbocycles. The Morgan fingerprint density at radius 1 is 1.29 bits per heavy atom. The minimum atomic E-state index is -0.643. The van der Waals surface area contributed by atoms with Crippen LogP contribution in [0.25, 0.3) is 0 Å². The summed E-state index contributed by atoms with van der Waals surface area (Å²) in [5.74, 6) is -0.643. The first-order valence-corrected chi connectivity index (χ1v) is 6.54. The van der Waals surface area contributed by atoms with Gasteiger partial charge < -0.3 is 5.11 Å². The Hall–Kier alpha value is -0.870. The summed E-state index contributed by atoms with van der Waals surface area (Å²) in [6.07, 6.45) is 5.98. The lowest BCUT2D eigenvalue weighted by Crippen LogP contribution is -2.48. The number of carboxylic acids is 1. The number of rotatable bonds is 4. The van der Waals surface area contributed by atoms with E-state index in [0.717, 1.165) is 51.9 Å². The van der Waals surface area contributed by atoms with E-state index in [-0.39, 0.29) is 6.04 Å². The van der Waals surface area contributed by atoms with Crippen LogP contribution in [0, 0.1) is 0 Å². The van der Waals surface area contributed by atoms with Crippen molar-refractivity contribution in [2.24, 2.45) is 0 Å². The van der Waals surface area contributed by atoms with Gasteiger partial charge in [0, 0.05) is 12.6 Å². The first-order chi connectivity index (χ1) is 8.22. The van der Waals surface area contributed by atoms with Crippen molar-refractivity contribution in [3.05, 3.63) is 12.7 Å². The molecule has 0 bridgehead atoms. The highest BCUT2D eigenvalue weighted by atomic mass is 16.4. The van der Waals surface area contributed by atoms with Crippen molar-refractivity contribution in [2.75, 3.05) is 26.2 Å². The predicted molar refractivity (Wildman–Crippen MR) is 67.0 cm³/mol. The minimum absolute atomic E-state index is 0.231. The average Bonchev–Trinajstić information content (AvgIpc) is 2.79. The maximum absolute atomic E-state index is 11.2. The van der Waals surface area contributed by atoms with Gasteiger partial charge in [-0.3, -0.25) is 14.6 Å². The molecule has 17 heavy (non-hydrogen) atoms. The summed E-state index contributed by atoms with van der Waals surface area (Å²) >= 11 is 0. The smallest absolute Gasteiger partial charge is 0.320 e. The van der Waals surface area contributed by atoms with Crippen LogP contribution in [-0.2, 0) is 4.79 Å². The molecule has 0 aromatic rings. The number of nitrogens with zero attached hydrogens (tertiary/aromatic N) is 2. The van der Waals surface area contributed by atoms with E-state index >= 15 is 0 Å². The molecule has 0 spiro atoms. The Bertz CT molecular complexity index is 285. The molecule has 2 saturated heterocycles. The first-order valence-electron chi connectivity index (χ1n) is 6.54. The lowest BCUT2D eigenvalue weighted by molar-refractivity contribution is -0.143. The van der Waals surface area contributed by atoms with Crippen molar-refractivity contribution in [1.82, 2.24) is 9.80 Å².